The molecule has 0 atom stereocenters. The van der Waals surface area contributed by atoms with Crippen molar-refractivity contribution in [3.05, 3.63) is 88.9 Å². The second-order valence-corrected chi connectivity index (χ2v) is 8.18. The van der Waals surface area contributed by atoms with Gasteiger partial charge < -0.3 is 15.0 Å². The zero-order valence-corrected chi connectivity index (χ0v) is 20.5. The van der Waals surface area contributed by atoms with Crippen molar-refractivity contribution < 1.29 is 14.3 Å². The van der Waals surface area contributed by atoms with E-state index >= 15 is 0 Å². The summed E-state index contributed by atoms with van der Waals surface area (Å²) in [4.78, 5) is 27.9. The minimum Gasteiger partial charge on any atom is -0.497 e. The van der Waals surface area contributed by atoms with Crippen LogP contribution >= 0.6 is 0 Å². The molecule has 34 heavy (non-hydrogen) atoms. The number of nitrogens with zero attached hydrogens (tertiary/aromatic N) is 3. The first-order chi connectivity index (χ1) is 16.4. The van der Waals surface area contributed by atoms with Crippen LogP contribution in [0.2, 0.25) is 0 Å². The Morgan fingerprint density at radius 3 is 2.26 bits per heavy atom. The normalized spacial score (nSPS) is 11.0. The molecule has 7 nitrogen and oxygen atoms in total. The maximum atomic E-state index is 13.4. The first-order valence-corrected chi connectivity index (χ1v) is 11.4. The summed E-state index contributed by atoms with van der Waals surface area (Å²) in [5.74, 6) is 0.182. The number of anilines is 1. The third-order valence-electron chi connectivity index (χ3n) is 5.52. The maximum absolute atomic E-state index is 13.4. The number of carbonyl (C=O) groups is 2. The van der Waals surface area contributed by atoms with Crippen LogP contribution in [0, 0.1) is 0 Å². The number of aryl methyl sites for hydroxylation is 2. The molecule has 0 aliphatic rings. The molecule has 1 amide bonds. The molecule has 0 radical (unpaired) electrons. The van der Waals surface area contributed by atoms with Crippen molar-refractivity contribution in [1.82, 2.24) is 14.7 Å². The highest BCUT2D eigenvalue weighted by atomic mass is 16.5. The standard InChI is InChI=1S/C27H32N4O3/c1-6-20-9-8-10-21(7-2)26(20)28-27(33)24-17-23(25(32)15-16-30(3)4)29-31(24)18-19-11-13-22(34-5)14-12-19/h8-17H,6-7,18H2,1-5H3,(H,28,33). The highest BCUT2D eigenvalue weighted by Crippen LogP contribution is 2.24. The van der Waals surface area contributed by atoms with Crippen molar-refractivity contribution in [1.29, 1.82) is 0 Å². The molecule has 1 N–H and O–H groups in total. The van der Waals surface area contributed by atoms with Gasteiger partial charge in [0.05, 0.1) is 13.7 Å². The average Bonchev–Trinajstić information content (AvgIpc) is 3.27. The summed E-state index contributed by atoms with van der Waals surface area (Å²) in [5, 5.41) is 7.57. The highest BCUT2D eigenvalue weighted by Gasteiger charge is 2.20. The lowest BCUT2D eigenvalue weighted by Gasteiger charge is -2.15. The van der Waals surface area contributed by atoms with Crippen LogP contribution in [0.4, 0.5) is 5.69 Å². The number of rotatable bonds is 10. The maximum Gasteiger partial charge on any atom is 0.273 e. The summed E-state index contributed by atoms with van der Waals surface area (Å²) >= 11 is 0. The predicted molar refractivity (Wildman–Crippen MR) is 135 cm³/mol. The Kier molecular flexibility index (Phi) is 8.24. The minimum atomic E-state index is -0.299. The van der Waals surface area contributed by atoms with Crippen LogP contribution in [-0.4, -0.2) is 47.6 Å². The van der Waals surface area contributed by atoms with E-state index in [9.17, 15) is 9.59 Å². The lowest BCUT2D eigenvalue weighted by molar-refractivity contribution is 0.101. The van der Waals surface area contributed by atoms with Gasteiger partial charge in [0.15, 0.2) is 0 Å². The van der Waals surface area contributed by atoms with Gasteiger partial charge in [0, 0.05) is 38.1 Å². The van der Waals surface area contributed by atoms with Crippen LogP contribution in [0.15, 0.2) is 60.8 Å². The fourth-order valence-electron chi connectivity index (χ4n) is 3.63. The summed E-state index contributed by atoms with van der Waals surface area (Å²) in [6.07, 6.45) is 4.71. The Bertz CT molecular complexity index is 1150. The lowest BCUT2D eigenvalue weighted by atomic mass is 10.0. The summed E-state index contributed by atoms with van der Waals surface area (Å²) in [6.45, 7) is 4.46. The van der Waals surface area contributed by atoms with Gasteiger partial charge in [-0.05, 0) is 41.7 Å². The van der Waals surface area contributed by atoms with Gasteiger partial charge in [-0.1, -0.05) is 44.2 Å². The second kappa shape index (κ2) is 11.3. The molecule has 3 rings (SSSR count). The van der Waals surface area contributed by atoms with E-state index in [0.717, 1.165) is 41.0 Å². The number of ether oxygens (including phenoxy) is 1. The summed E-state index contributed by atoms with van der Waals surface area (Å²) in [5.41, 5.74) is 4.44. The number of hydrogen-bond donors (Lipinski definition) is 1. The van der Waals surface area contributed by atoms with Gasteiger partial charge in [0.1, 0.15) is 17.1 Å². The molecule has 1 heterocycles. The van der Waals surface area contributed by atoms with Crippen LogP contribution < -0.4 is 10.1 Å². The fourth-order valence-corrected chi connectivity index (χ4v) is 3.63. The van der Waals surface area contributed by atoms with Gasteiger partial charge in [-0.25, -0.2) is 0 Å². The average molecular weight is 461 g/mol. The molecule has 0 saturated heterocycles. The number of carbonyl (C=O) groups excluding carboxylic acids is 2. The van der Waals surface area contributed by atoms with Gasteiger partial charge >= 0.3 is 0 Å². The molecule has 0 fully saturated rings. The van der Waals surface area contributed by atoms with E-state index in [1.807, 2.05) is 56.6 Å². The molecular weight excluding hydrogens is 428 g/mol. The Morgan fingerprint density at radius 1 is 1.06 bits per heavy atom. The number of ketones is 1. The van der Waals surface area contributed by atoms with Crippen molar-refractivity contribution in [2.75, 3.05) is 26.5 Å². The summed E-state index contributed by atoms with van der Waals surface area (Å²) in [7, 11) is 5.28. The number of hydrogen-bond acceptors (Lipinski definition) is 5. The van der Waals surface area contributed by atoms with E-state index in [-0.39, 0.29) is 17.4 Å². The van der Waals surface area contributed by atoms with Gasteiger partial charge in [0.25, 0.3) is 5.91 Å². The van der Waals surface area contributed by atoms with Crippen molar-refractivity contribution >= 4 is 17.4 Å². The van der Waals surface area contributed by atoms with E-state index < -0.39 is 0 Å². The molecule has 0 unspecified atom stereocenters. The van der Waals surface area contributed by atoms with Crippen molar-refractivity contribution in [2.24, 2.45) is 0 Å². The van der Waals surface area contributed by atoms with Crippen molar-refractivity contribution in [3.8, 4) is 5.75 Å². The molecule has 0 bridgehead atoms. The molecule has 2 aromatic carbocycles. The zero-order chi connectivity index (χ0) is 24.7. The monoisotopic (exact) mass is 460 g/mol. The topological polar surface area (TPSA) is 76.5 Å². The Hall–Kier alpha value is -3.87. The Balaban J connectivity index is 1.98. The van der Waals surface area contributed by atoms with Crippen molar-refractivity contribution in [2.45, 2.75) is 33.2 Å². The quantitative estimate of drug-likeness (QED) is 0.354. The van der Waals surface area contributed by atoms with Crippen LogP contribution in [-0.2, 0) is 19.4 Å². The molecular formula is C27H32N4O3. The molecule has 0 aliphatic heterocycles. The van der Waals surface area contributed by atoms with Gasteiger partial charge in [-0.3, -0.25) is 14.3 Å². The molecule has 0 spiro atoms. The highest BCUT2D eigenvalue weighted by molar-refractivity contribution is 6.08. The summed E-state index contributed by atoms with van der Waals surface area (Å²) in [6, 6.07) is 15.1. The predicted octanol–water partition coefficient (Wildman–Crippen LogP) is 4.58. The first kappa shape index (κ1) is 24.8. The SMILES string of the molecule is CCc1cccc(CC)c1NC(=O)c1cc(C(=O)C=CN(C)C)nn1Cc1ccc(OC)cc1. The van der Waals surface area contributed by atoms with Crippen LogP contribution in [0.3, 0.4) is 0 Å². The largest absolute Gasteiger partial charge is 0.497 e. The molecule has 178 valence electrons. The zero-order valence-electron chi connectivity index (χ0n) is 20.5. The smallest absolute Gasteiger partial charge is 0.273 e. The van der Waals surface area contributed by atoms with Gasteiger partial charge in [-0.15, -0.1) is 0 Å². The van der Waals surface area contributed by atoms with E-state index in [0.29, 0.717) is 12.2 Å². The fraction of sp³-hybridized carbons (Fsp3) is 0.296. The molecule has 1 aromatic heterocycles. The van der Waals surface area contributed by atoms with Crippen LogP contribution in [0.5, 0.6) is 5.75 Å². The minimum absolute atomic E-state index is 0.219. The number of nitrogens with one attached hydrogen (secondary N) is 1. The molecule has 0 aliphatic carbocycles. The Labute approximate surface area is 201 Å². The number of aromatic nitrogens is 2. The third kappa shape index (κ3) is 5.92. The number of amides is 1. The number of methoxy groups -OCH3 is 1. The van der Waals surface area contributed by atoms with Crippen LogP contribution in [0.1, 0.15) is 51.5 Å². The lowest BCUT2D eigenvalue weighted by Crippen LogP contribution is -2.20. The molecule has 7 heteroatoms. The third-order valence-corrected chi connectivity index (χ3v) is 5.52. The van der Waals surface area contributed by atoms with Crippen molar-refractivity contribution in [3.63, 3.8) is 0 Å². The van der Waals surface area contributed by atoms with E-state index in [4.69, 9.17) is 4.74 Å². The number of para-hydroxylation sites is 1. The Morgan fingerprint density at radius 2 is 1.71 bits per heavy atom. The van der Waals surface area contributed by atoms with Gasteiger partial charge in [-0.2, -0.15) is 5.10 Å². The summed E-state index contributed by atoms with van der Waals surface area (Å²) < 4.78 is 6.81. The van der Waals surface area contributed by atoms with E-state index in [1.165, 1.54) is 6.08 Å². The van der Waals surface area contributed by atoms with Gasteiger partial charge in [0.2, 0.25) is 5.78 Å². The number of allylic oxidation sites excluding steroid dienone is 1. The van der Waals surface area contributed by atoms with Crippen LogP contribution in [0.25, 0.3) is 0 Å². The van der Waals surface area contributed by atoms with E-state index in [2.05, 4.69) is 24.3 Å². The molecule has 0 saturated carbocycles. The molecule has 3 aromatic rings. The first-order valence-electron chi connectivity index (χ1n) is 11.4. The number of benzene rings is 2. The second-order valence-electron chi connectivity index (χ2n) is 8.18. The van der Waals surface area contributed by atoms with E-state index in [1.54, 1.807) is 29.0 Å².